The van der Waals surface area contributed by atoms with E-state index in [2.05, 4.69) is 46.7 Å². The van der Waals surface area contributed by atoms with Crippen LogP contribution in [0.2, 0.25) is 0 Å². The smallest absolute Gasteiger partial charge is 0.124 e. The molecule has 2 unspecified atom stereocenters. The van der Waals surface area contributed by atoms with Crippen LogP contribution in [0, 0.1) is 15.3 Å². The lowest BCUT2D eigenvalue weighted by atomic mass is 9.91. The molecule has 0 aliphatic carbocycles. The SMILES string of the molecule is CCCN1CCCC(C(C)Nc2ccc(F)cc2I)C1. The molecule has 2 atom stereocenters. The highest BCUT2D eigenvalue weighted by molar-refractivity contribution is 14.1. The summed E-state index contributed by atoms with van der Waals surface area (Å²) in [5.74, 6) is 0.510. The largest absolute Gasteiger partial charge is 0.381 e. The van der Waals surface area contributed by atoms with Crippen molar-refractivity contribution in [1.82, 2.24) is 4.90 Å². The van der Waals surface area contributed by atoms with Gasteiger partial charge >= 0.3 is 0 Å². The van der Waals surface area contributed by atoms with E-state index in [9.17, 15) is 4.39 Å². The molecule has 1 fully saturated rings. The maximum Gasteiger partial charge on any atom is 0.124 e. The van der Waals surface area contributed by atoms with Crippen LogP contribution in [0.15, 0.2) is 18.2 Å². The Morgan fingerprint density at radius 2 is 2.30 bits per heavy atom. The monoisotopic (exact) mass is 390 g/mol. The molecule has 1 aliphatic rings. The summed E-state index contributed by atoms with van der Waals surface area (Å²) < 4.78 is 14.1. The topological polar surface area (TPSA) is 15.3 Å². The van der Waals surface area contributed by atoms with Crippen LogP contribution in [-0.4, -0.2) is 30.6 Å². The molecule has 0 spiro atoms. The third-order valence-electron chi connectivity index (χ3n) is 4.10. The van der Waals surface area contributed by atoms with Crippen LogP contribution in [0.1, 0.15) is 33.1 Å². The minimum absolute atomic E-state index is 0.167. The van der Waals surface area contributed by atoms with Gasteiger partial charge in [0.15, 0.2) is 0 Å². The Kier molecular flexibility index (Phi) is 6.08. The van der Waals surface area contributed by atoms with Crippen LogP contribution in [0.25, 0.3) is 0 Å². The van der Waals surface area contributed by atoms with Crippen LogP contribution in [0.5, 0.6) is 0 Å². The first-order valence-electron chi connectivity index (χ1n) is 7.54. The lowest BCUT2D eigenvalue weighted by Gasteiger charge is -2.36. The molecule has 2 nitrogen and oxygen atoms in total. The maximum absolute atomic E-state index is 13.1. The number of anilines is 1. The third-order valence-corrected chi connectivity index (χ3v) is 5.00. The number of nitrogens with one attached hydrogen (secondary N) is 1. The van der Waals surface area contributed by atoms with E-state index in [4.69, 9.17) is 0 Å². The molecule has 1 N–H and O–H groups in total. The normalized spacial score (nSPS) is 21.7. The summed E-state index contributed by atoms with van der Waals surface area (Å²) in [7, 11) is 0. The number of rotatable bonds is 5. The van der Waals surface area contributed by atoms with Crippen molar-refractivity contribution in [2.24, 2.45) is 5.92 Å². The molecule has 1 saturated heterocycles. The highest BCUT2D eigenvalue weighted by Gasteiger charge is 2.24. The van der Waals surface area contributed by atoms with Crippen molar-refractivity contribution < 1.29 is 4.39 Å². The number of hydrogen-bond donors (Lipinski definition) is 1. The predicted molar refractivity (Wildman–Crippen MR) is 91.7 cm³/mol. The van der Waals surface area contributed by atoms with Gasteiger partial charge in [0.05, 0.1) is 0 Å². The van der Waals surface area contributed by atoms with Gasteiger partial charge in [-0.25, -0.2) is 4.39 Å². The van der Waals surface area contributed by atoms with Crippen molar-refractivity contribution in [1.29, 1.82) is 0 Å². The van der Waals surface area contributed by atoms with E-state index in [1.165, 1.54) is 45.0 Å². The number of likely N-dealkylation sites (tertiary alicyclic amines) is 1. The highest BCUT2D eigenvalue weighted by atomic mass is 127. The number of piperidine rings is 1. The van der Waals surface area contributed by atoms with Crippen molar-refractivity contribution in [3.05, 3.63) is 27.6 Å². The van der Waals surface area contributed by atoms with Gasteiger partial charge in [0.1, 0.15) is 5.82 Å². The Balaban J connectivity index is 1.95. The van der Waals surface area contributed by atoms with Gasteiger partial charge in [0.2, 0.25) is 0 Å². The zero-order chi connectivity index (χ0) is 14.5. The summed E-state index contributed by atoms with van der Waals surface area (Å²) in [4.78, 5) is 2.57. The molecule has 0 aromatic heterocycles. The maximum atomic E-state index is 13.1. The summed E-state index contributed by atoms with van der Waals surface area (Å²) >= 11 is 2.19. The first-order chi connectivity index (χ1) is 9.60. The summed E-state index contributed by atoms with van der Waals surface area (Å²) in [5.41, 5.74) is 1.05. The summed E-state index contributed by atoms with van der Waals surface area (Å²) in [6.07, 6.45) is 3.80. The Labute approximate surface area is 135 Å². The minimum atomic E-state index is -0.167. The van der Waals surface area contributed by atoms with E-state index in [0.717, 1.165) is 9.26 Å². The summed E-state index contributed by atoms with van der Waals surface area (Å²) in [5, 5.41) is 3.57. The number of benzene rings is 1. The van der Waals surface area contributed by atoms with E-state index in [0.29, 0.717) is 12.0 Å². The van der Waals surface area contributed by atoms with Gasteiger partial charge < -0.3 is 10.2 Å². The fourth-order valence-electron chi connectivity index (χ4n) is 2.99. The molecule has 1 aromatic rings. The molecule has 20 heavy (non-hydrogen) atoms. The average molecular weight is 390 g/mol. The zero-order valence-corrected chi connectivity index (χ0v) is 14.5. The van der Waals surface area contributed by atoms with Gasteiger partial charge in [-0.2, -0.15) is 0 Å². The molecule has 0 amide bonds. The molecular formula is C16H24FIN2. The van der Waals surface area contributed by atoms with Crippen LogP contribution in [0.3, 0.4) is 0 Å². The van der Waals surface area contributed by atoms with Crippen LogP contribution in [-0.2, 0) is 0 Å². The highest BCUT2D eigenvalue weighted by Crippen LogP contribution is 2.25. The molecule has 0 radical (unpaired) electrons. The Morgan fingerprint density at radius 1 is 1.50 bits per heavy atom. The molecule has 0 saturated carbocycles. The number of halogens is 2. The Morgan fingerprint density at radius 3 is 3.00 bits per heavy atom. The first-order valence-corrected chi connectivity index (χ1v) is 8.62. The van der Waals surface area contributed by atoms with E-state index in [1.54, 1.807) is 6.07 Å². The fraction of sp³-hybridized carbons (Fsp3) is 0.625. The van der Waals surface area contributed by atoms with Gasteiger partial charge in [-0.05, 0) is 86.0 Å². The summed E-state index contributed by atoms with van der Waals surface area (Å²) in [6, 6.07) is 5.38. The van der Waals surface area contributed by atoms with Crippen molar-refractivity contribution in [3.8, 4) is 0 Å². The average Bonchev–Trinajstić information content (AvgIpc) is 2.42. The van der Waals surface area contributed by atoms with Gasteiger partial charge in [-0.3, -0.25) is 0 Å². The molecule has 1 aliphatic heterocycles. The van der Waals surface area contributed by atoms with Crippen LogP contribution < -0.4 is 5.32 Å². The Bertz CT molecular complexity index is 436. The van der Waals surface area contributed by atoms with Crippen LogP contribution >= 0.6 is 22.6 Å². The molecule has 2 rings (SSSR count). The lowest BCUT2D eigenvalue weighted by Crippen LogP contribution is -2.42. The molecule has 112 valence electrons. The van der Waals surface area contributed by atoms with Crippen LogP contribution in [0.4, 0.5) is 10.1 Å². The van der Waals surface area contributed by atoms with Gasteiger partial charge in [-0.15, -0.1) is 0 Å². The fourth-order valence-corrected chi connectivity index (χ4v) is 3.62. The van der Waals surface area contributed by atoms with E-state index in [1.807, 2.05) is 6.07 Å². The minimum Gasteiger partial charge on any atom is -0.381 e. The molecule has 0 bridgehead atoms. The van der Waals surface area contributed by atoms with Gasteiger partial charge in [0.25, 0.3) is 0 Å². The first kappa shape index (κ1) is 16.0. The quantitative estimate of drug-likeness (QED) is 0.752. The zero-order valence-electron chi connectivity index (χ0n) is 12.3. The lowest BCUT2D eigenvalue weighted by molar-refractivity contribution is 0.165. The predicted octanol–water partition coefficient (Wildman–Crippen LogP) is 4.35. The second kappa shape index (κ2) is 7.59. The van der Waals surface area contributed by atoms with E-state index in [-0.39, 0.29) is 5.82 Å². The van der Waals surface area contributed by atoms with Crippen molar-refractivity contribution in [2.45, 2.75) is 39.2 Å². The third kappa shape index (κ3) is 4.32. The standard InChI is InChI=1S/C16H24FIN2/c1-3-8-20-9-4-5-13(11-20)12(2)19-16-7-6-14(17)10-15(16)18/h6-7,10,12-13,19H,3-5,8-9,11H2,1-2H3. The van der Waals surface area contributed by atoms with Crippen molar-refractivity contribution in [3.63, 3.8) is 0 Å². The Hall–Kier alpha value is -0.360. The van der Waals surface area contributed by atoms with E-state index >= 15 is 0 Å². The second-order valence-corrected chi connectivity index (χ2v) is 6.92. The number of nitrogens with zero attached hydrogens (tertiary/aromatic N) is 1. The number of hydrogen-bond acceptors (Lipinski definition) is 2. The van der Waals surface area contributed by atoms with Crippen molar-refractivity contribution in [2.75, 3.05) is 25.0 Å². The summed E-state index contributed by atoms with van der Waals surface area (Å²) in [6.45, 7) is 8.12. The van der Waals surface area contributed by atoms with E-state index < -0.39 is 0 Å². The van der Waals surface area contributed by atoms with Gasteiger partial charge in [-0.1, -0.05) is 6.92 Å². The van der Waals surface area contributed by atoms with Crippen molar-refractivity contribution >= 4 is 28.3 Å². The van der Waals surface area contributed by atoms with Gasteiger partial charge in [0, 0.05) is 21.8 Å². The molecule has 4 heteroatoms. The molecular weight excluding hydrogens is 366 g/mol. The molecule has 1 aromatic carbocycles. The second-order valence-electron chi connectivity index (χ2n) is 5.76. The molecule has 1 heterocycles.